The number of hydrogen-bond donors (Lipinski definition) is 1. The fourth-order valence-corrected chi connectivity index (χ4v) is 0.546. The SMILES string of the molecule is CC(C#N)C(=O)NC(C)(C)C(F)(F)F. The van der Waals surface area contributed by atoms with Gasteiger partial charge in [-0.25, -0.2) is 0 Å². The van der Waals surface area contributed by atoms with E-state index in [1.54, 1.807) is 11.4 Å². The van der Waals surface area contributed by atoms with E-state index in [9.17, 15) is 18.0 Å². The first kappa shape index (κ1) is 12.8. The highest BCUT2D eigenvalue weighted by Crippen LogP contribution is 2.29. The van der Waals surface area contributed by atoms with E-state index in [2.05, 4.69) is 0 Å². The molecule has 0 aromatic rings. The fourth-order valence-electron chi connectivity index (χ4n) is 0.546. The molecule has 0 heterocycles. The minimum atomic E-state index is -4.53. The van der Waals surface area contributed by atoms with E-state index in [1.807, 2.05) is 0 Å². The Labute approximate surface area is 79.9 Å². The maximum Gasteiger partial charge on any atom is 0.410 e. The number of nitrogens with one attached hydrogen (secondary N) is 1. The molecule has 0 aliphatic rings. The van der Waals surface area contributed by atoms with Gasteiger partial charge in [-0.05, 0) is 20.8 Å². The van der Waals surface area contributed by atoms with Crippen LogP contribution in [-0.4, -0.2) is 17.6 Å². The normalized spacial score (nSPS) is 14.4. The van der Waals surface area contributed by atoms with Gasteiger partial charge in [0.25, 0.3) is 0 Å². The lowest BCUT2D eigenvalue weighted by atomic mass is 10.0. The van der Waals surface area contributed by atoms with Crippen molar-refractivity contribution in [1.82, 2.24) is 5.32 Å². The molecule has 0 radical (unpaired) electrons. The molecule has 1 amide bonds. The third kappa shape index (κ3) is 2.91. The van der Waals surface area contributed by atoms with Crippen molar-refractivity contribution in [2.45, 2.75) is 32.5 Å². The molecule has 3 nitrogen and oxygen atoms in total. The van der Waals surface area contributed by atoms with E-state index in [4.69, 9.17) is 5.26 Å². The van der Waals surface area contributed by atoms with E-state index in [1.165, 1.54) is 6.92 Å². The van der Waals surface area contributed by atoms with Gasteiger partial charge in [0.15, 0.2) is 0 Å². The highest BCUT2D eigenvalue weighted by molar-refractivity contribution is 5.81. The summed E-state index contributed by atoms with van der Waals surface area (Å²) in [6.45, 7) is 2.92. The van der Waals surface area contributed by atoms with Crippen molar-refractivity contribution in [3.8, 4) is 6.07 Å². The number of halogens is 3. The summed E-state index contributed by atoms with van der Waals surface area (Å²) in [5.41, 5.74) is -2.31. The zero-order valence-corrected chi connectivity index (χ0v) is 8.07. The second kappa shape index (κ2) is 3.86. The number of amides is 1. The van der Waals surface area contributed by atoms with Crippen LogP contribution in [0.4, 0.5) is 13.2 Å². The Kier molecular flexibility index (Phi) is 3.52. The molecule has 14 heavy (non-hydrogen) atoms. The molecular weight excluding hydrogens is 197 g/mol. The molecule has 0 spiro atoms. The van der Waals surface area contributed by atoms with Crippen molar-refractivity contribution < 1.29 is 18.0 Å². The number of hydrogen-bond acceptors (Lipinski definition) is 2. The van der Waals surface area contributed by atoms with Crippen LogP contribution in [0.15, 0.2) is 0 Å². The summed E-state index contributed by atoms with van der Waals surface area (Å²) in [6.07, 6.45) is -4.53. The lowest BCUT2D eigenvalue weighted by Crippen LogP contribution is -2.55. The Morgan fingerprint density at radius 2 is 1.86 bits per heavy atom. The second-order valence-electron chi connectivity index (χ2n) is 3.46. The largest absolute Gasteiger partial charge is 0.410 e. The van der Waals surface area contributed by atoms with Crippen molar-refractivity contribution in [2.75, 3.05) is 0 Å². The summed E-state index contributed by atoms with van der Waals surface area (Å²) in [5.74, 6) is -2.01. The van der Waals surface area contributed by atoms with Gasteiger partial charge in [0.05, 0.1) is 6.07 Å². The third-order valence-corrected chi connectivity index (χ3v) is 1.73. The number of alkyl halides is 3. The molecule has 0 aromatic heterocycles. The highest BCUT2D eigenvalue weighted by atomic mass is 19.4. The van der Waals surface area contributed by atoms with E-state index in [0.29, 0.717) is 0 Å². The Morgan fingerprint density at radius 3 is 2.14 bits per heavy atom. The van der Waals surface area contributed by atoms with Crippen molar-refractivity contribution in [3.63, 3.8) is 0 Å². The van der Waals surface area contributed by atoms with Crippen LogP contribution < -0.4 is 5.32 Å². The van der Waals surface area contributed by atoms with Crippen molar-refractivity contribution in [3.05, 3.63) is 0 Å². The lowest BCUT2D eigenvalue weighted by molar-refractivity contribution is -0.188. The average molecular weight is 208 g/mol. The van der Waals surface area contributed by atoms with E-state index in [-0.39, 0.29) is 0 Å². The lowest BCUT2D eigenvalue weighted by Gasteiger charge is -2.29. The summed E-state index contributed by atoms with van der Waals surface area (Å²) < 4.78 is 36.8. The number of nitrogens with zero attached hydrogens (tertiary/aromatic N) is 1. The first-order valence-electron chi connectivity index (χ1n) is 3.90. The molecule has 0 saturated heterocycles. The molecule has 0 saturated carbocycles. The van der Waals surface area contributed by atoms with Crippen LogP contribution in [-0.2, 0) is 4.79 Å². The molecule has 0 aromatic carbocycles. The zero-order chi connectivity index (χ0) is 11.6. The number of carbonyl (C=O) groups is 1. The summed E-state index contributed by atoms with van der Waals surface area (Å²) in [6, 6.07) is 1.56. The maximum absolute atomic E-state index is 12.3. The van der Waals surface area contributed by atoms with Crippen molar-refractivity contribution in [2.24, 2.45) is 5.92 Å². The zero-order valence-electron chi connectivity index (χ0n) is 8.07. The Morgan fingerprint density at radius 1 is 1.43 bits per heavy atom. The predicted octanol–water partition coefficient (Wildman–Crippen LogP) is 1.60. The van der Waals surface area contributed by atoms with Crippen molar-refractivity contribution in [1.29, 1.82) is 5.26 Å². The van der Waals surface area contributed by atoms with Gasteiger partial charge in [-0.2, -0.15) is 18.4 Å². The van der Waals surface area contributed by atoms with Gasteiger partial charge in [0.1, 0.15) is 11.5 Å². The molecule has 0 rings (SSSR count). The minimum absolute atomic E-state index is 0.842. The van der Waals surface area contributed by atoms with Crippen LogP contribution in [0.1, 0.15) is 20.8 Å². The molecular formula is C8H11F3N2O. The topological polar surface area (TPSA) is 52.9 Å². The highest BCUT2D eigenvalue weighted by Gasteiger charge is 2.48. The molecule has 80 valence electrons. The second-order valence-corrected chi connectivity index (χ2v) is 3.46. The van der Waals surface area contributed by atoms with Gasteiger partial charge in [-0.1, -0.05) is 0 Å². The summed E-state index contributed by atoms with van der Waals surface area (Å²) in [7, 11) is 0. The summed E-state index contributed by atoms with van der Waals surface area (Å²) >= 11 is 0. The first-order valence-corrected chi connectivity index (χ1v) is 3.90. The summed E-state index contributed by atoms with van der Waals surface area (Å²) in [5, 5.41) is 10.1. The Hall–Kier alpha value is -1.25. The molecule has 1 atom stereocenters. The molecule has 0 bridgehead atoms. The standard InChI is InChI=1S/C8H11F3N2O/c1-5(4-12)6(14)13-7(2,3)8(9,10)11/h5H,1-3H3,(H,13,14). The number of nitriles is 1. The quantitative estimate of drug-likeness (QED) is 0.749. The van der Waals surface area contributed by atoms with Crippen LogP contribution in [0.3, 0.4) is 0 Å². The van der Waals surface area contributed by atoms with Gasteiger partial charge >= 0.3 is 6.18 Å². The Balaban J connectivity index is 4.55. The number of carbonyl (C=O) groups excluding carboxylic acids is 1. The summed E-state index contributed by atoms with van der Waals surface area (Å²) in [4.78, 5) is 11.0. The van der Waals surface area contributed by atoms with Gasteiger partial charge < -0.3 is 5.32 Å². The molecule has 0 aliphatic heterocycles. The van der Waals surface area contributed by atoms with E-state index < -0.39 is 23.5 Å². The fraction of sp³-hybridized carbons (Fsp3) is 0.750. The smallest absolute Gasteiger partial charge is 0.341 e. The van der Waals surface area contributed by atoms with E-state index in [0.717, 1.165) is 13.8 Å². The molecule has 1 N–H and O–H groups in total. The Bertz CT molecular complexity index is 265. The third-order valence-electron chi connectivity index (χ3n) is 1.73. The maximum atomic E-state index is 12.3. The minimum Gasteiger partial charge on any atom is -0.341 e. The van der Waals surface area contributed by atoms with Gasteiger partial charge in [0.2, 0.25) is 5.91 Å². The van der Waals surface area contributed by atoms with Gasteiger partial charge in [0, 0.05) is 0 Å². The van der Waals surface area contributed by atoms with Gasteiger partial charge in [-0.15, -0.1) is 0 Å². The van der Waals surface area contributed by atoms with Crippen LogP contribution in [0.25, 0.3) is 0 Å². The molecule has 0 fully saturated rings. The molecule has 0 aliphatic carbocycles. The molecule has 1 unspecified atom stereocenters. The van der Waals surface area contributed by atoms with Crippen LogP contribution in [0.2, 0.25) is 0 Å². The van der Waals surface area contributed by atoms with Crippen LogP contribution in [0.5, 0.6) is 0 Å². The van der Waals surface area contributed by atoms with Crippen molar-refractivity contribution >= 4 is 5.91 Å². The predicted molar refractivity (Wildman–Crippen MR) is 43.1 cm³/mol. The monoisotopic (exact) mass is 208 g/mol. The van der Waals surface area contributed by atoms with E-state index >= 15 is 0 Å². The number of rotatable bonds is 2. The first-order chi connectivity index (χ1) is 6.12. The van der Waals surface area contributed by atoms with Gasteiger partial charge in [-0.3, -0.25) is 4.79 Å². The average Bonchev–Trinajstić information content (AvgIpc) is 2.00. The molecule has 6 heteroatoms. The van der Waals surface area contributed by atoms with Crippen LogP contribution in [0, 0.1) is 17.2 Å². The van der Waals surface area contributed by atoms with Crippen LogP contribution >= 0.6 is 0 Å².